The number of benzene rings is 2. The van der Waals surface area contributed by atoms with Gasteiger partial charge in [-0.2, -0.15) is 0 Å². The van der Waals surface area contributed by atoms with Crippen molar-refractivity contribution in [3.63, 3.8) is 0 Å². The van der Waals surface area contributed by atoms with Crippen LogP contribution in [0, 0.1) is 0 Å². The first-order chi connectivity index (χ1) is 12.6. The van der Waals surface area contributed by atoms with E-state index in [1.165, 1.54) is 0 Å². The van der Waals surface area contributed by atoms with E-state index in [9.17, 15) is 10.2 Å². The SMILES string of the molecule is [B][C@@H]1O[C@](CO)(COCc2ccccc2)[C@@H](OCc2ccccc2)[C@H]1O. The van der Waals surface area contributed by atoms with E-state index in [1.54, 1.807) is 0 Å². The molecule has 0 amide bonds. The van der Waals surface area contributed by atoms with Gasteiger partial charge in [0.05, 0.1) is 26.4 Å². The molecule has 1 aliphatic rings. The first-order valence-electron chi connectivity index (χ1n) is 8.64. The Balaban J connectivity index is 1.65. The average Bonchev–Trinajstić information content (AvgIpc) is 2.92. The Morgan fingerprint density at radius 1 is 0.962 bits per heavy atom. The van der Waals surface area contributed by atoms with Crippen LogP contribution < -0.4 is 0 Å². The molecular formula is C20H23BO5. The normalized spacial score (nSPS) is 28.3. The molecule has 26 heavy (non-hydrogen) atoms. The van der Waals surface area contributed by atoms with Gasteiger partial charge in [0, 0.05) is 6.00 Å². The molecule has 2 N–H and O–H groups in total. The Bertz CT molecular complexity index is 668. The molecule has 2 aromatic rings. The van der Waals surface area contributed by atoms with Gasteiger partial charge in [-0.3, -0.25) is 0 Å². The highest BCUT2D eigenvalue weighted by atomic mass is 16.6. The average molecular weight is 354 g/mol. The van der Waals surface area contributed by atoms with E-state index in [0.29, 0.717) is 6.61 Å². The second-order valence-electron chi connectivity index (χ2n) is 6.49. The Morgan fingerprint density at radius 3 is 2.12 bits per heavy atom. The minimum Gasteiger partial charge on any atom is -0.393 e. The van der Waals surface area contributed by atoms with Gasteiger partial charge in [0.2, 0.25) is 0 Å². The molecule has 2 radical (unpaired) electrons. The van der Waals surface area contributed by atoms with Crippen molar-refractivity contribution < 1.29 is 24.4 Å². The van der Waals surface area contributed by atoms with Crippen LogP contribution in [-0.2, 0) is 27.4 Å². The summed E-state index contributed by atoms with van der Waals surface area (Å²) in [4.78, 5) is 0. The third kappa shape index (κ3) is 4.34. The lowest BCUT2D eigenvalue weighted by Crippen LogP contribution is -2.51. The van der Waals surface area contributed by atoms with Crippen molar-refractivity contribution >= 4 is 7.85 Å². The lowest BCUT2D eigenvalue weighted by molar-refractivity contribution is -0.161. The molecule has 6 heteroatoms. The van der Waals surface area contributed by atoms with Gasteiger partial charge < -0.3 is 24.4 Å². The second-order valence-corrected chi connectivity index (χ2v) is 6.49. The van der Waals surface area contributed by atoms with Gasteiger partial charge >= 0.3 is 0 Å². The molecular weight excluding hydrogens is 331 g/mol. The highest BCUT2D eigenvalue weighted by molar-refractivity contribution is 6.11. The van der Waals surface area contributed by atoms with Crippen molar-refractivity contribution in [2.45, 2.75) is 37.0 Å². The highest BCUT2D eigenvalue weighted by Gasteiger charge is 2.53. The molecule has 2 aromatic carbocycles. The fourth-order valence-corrected chi connectivity index (χ4v) is 3.11. The zero-order valence-electron chi connectivity index (χ0n) is 14.5. The summed E-state index contributed by atoms with van der Waals surface area (Å²) in [5.74, 6) is 0. The van der Waals surface area contributed by atoms with Crippen LogP contribution in [0.2, 0.25) is 0 Å². The predicted molar refractivity (Wildman–Crippen MR) is 97.6 cm³/mol. The minimum absolute atomic E-state index is 0.0581. The van der Waals surface area contributed by atoms with Crippen LogP contribution in [0.3, 0.4) is 0 Å². The molecule has 1 aliphatic heterocycles. The van der Waals surface area contributed by atoms with Gasteiger partial charge in [-0.25, -0.2) is 0 Å². The zero-order valence-corrected chi connectivity index (χ0v) is 14.5. The van der Waals surface area contributed by atoms with Crippen LogP contribution in [-0.4, -0.2) is 55.1 Å². The van der Waals surface area contributed by atoms with Crippen molar-refractivity contribution in [1.82, 2.24) is 0 Å². The zero-order chi connectivity index (χ0) is 18.4. The summed E-state index contributed by atoms with van der Waals surface area (Å²) in [5.41, 5.74) is 0.755. The topological polar surface area (TPSA) is 68.2 Å². The van der Waals surface area contributed by atoms with Crippen molar-refractivity contribution in [2.75, 3.05) is 13.2 Å². The Kier molecular flexibility index (Phi) is 6.45. The molecule has 1 saturated heterocycles. The molecule has 1 heterocycles. The van der Waals surface area contributed by atoms with E-state index in [0.717, 1.165) is 11.1 Å². The third-order valence-corrected chi connectivity index (χ3v) is 4.53. The van der Waals surface area contributed by atoms with E-state index in [4.69, 9.17) is 22.1 Å². The highest BCUT2D eigenvalue weighted by Crippen LogP contribution is 2.33. The Labute approximate surface area is 154 Å². The number of aliphatic hydroxyl groups excluding tert-OH is 2. The van der Waals surface area contributed by atoms with E-state index in [1.807, 2.05) is 60.7 Å². The van der Waals surface area contributed by atoms with Crippen LogP contribution in [0.4, 0.5) is 0 Å². The molecule has 0 bridgehead atoms. The van der Waals surface area contributed by atoms with Crippen LogP contribution in [0.1, 0.15) is 11.1 Å². The largest absolute Gasteiger partial charge is 0.393 e. The predicted octanol–water partition coefficient (Wildman–Crippen LogP) is 1.41. The quantitative estimate of drug-likeness (QED) is 0.702. The standard InChI is InChI=1S/C20H23BO5/c21-19-17(23)18(25-12-16-9-5-2-6-10-16)20(13-22,26-19)14-24-11-15-7-3-1-4-8-15/h1-10,17-19,22-23H,11-14H2/t17-,18+,19-,20-/m1/s1. The number of rotatable bonds is 8. The maximum atomic E-state index is 10.4. The summed E-state index contributed by atoms with van der Waals surface area (Å²) in [7, 11) is 5.85. The smallest absolute Gasteiger partial charge is 0.142 e. The molecule has 4 atom stereocenters. The summed E-state index contributed by atoms with van der Waals surface area (Å²) in [5, 5.41) is 20.3. The first kappa shape index (κ1) is 19.1. The molecule has 0 spiro atoms. The number of hydrogen-bond donors (Lipinski definition) is 2. The van der Waals surface area contributed by atoms with Crippen LogP contribution >= 0.6 is 0 Å². The van der Waals surface area contributed by atoms with Crippen LogP contribution in [0.15, 0.2) is 60.7 Å². The van der Waals surface area contributed by atoms with E-state index < -0.39 is 23.8 Å². The third-order valence-electron chi connectivity index (χ3n) is 4.53. The lowest BCUT2D eigenvalue weighted by Gasteiger charge is -2.33. The van der Waals surface area contributed by atoms with E-state index in [2.05, 4.69) is 0 Å². The van der Waals surface area contributed by atoms with Crippen molar-refractivity contribution in [1.29, 1.82) is 0 Å². The van der Waals surface area contributed by atoms with Gasteiger partial charge in [-0.15, -0.1) is 0 Å². The Hall–Kier alpha value is -1.70. The van der Waals surface area contributed by atoms with E-state index in [-0.39, 0.29) is 19.8 Å². The molecule has 0 aliphatic carbocycles. The maximum absolute atomic E-state index is 10.4. The molecule has 0 saturated carbocycles. The molecule has 0 unspecified atom stereocenters. The minimum atomic E-state index is -1.21. The summed E-state index contributed by atoms with van der Waals surface area (Å²) >= 11 is 0. The summed E-state index contributed by atoms with van der Waals surface area (Å²) in [6.07, 6.45) is -1.84. The van der Waals surface area contributed by atoms with Gasteiger partial charge in [0.25, 0.3) is 0 Å². The summed E-state index contributed by atoms with van der Waals surface area (Å²) in [6, 6.07) is 18.3. The molecule has 0 aromatic heterocycles. The first-order valence-corrected chi connectivity index (χ1v) is 8.64. The molecule has 136 valence electrons. The fraction of sp³-hybridized carbons (Fsp3) is 0.400. The molecule has 1 fully saturated rings. The van der Waals surface area contributed by atoms with Crippen LogP contribution in [0.5, 0.6) is 0 Å². The second kappa shape index (κ2) is 8.80. The monoisotopic (exact) mass is 354 g/mol. The molecule has 5 nitrogen and oxygen atoms in total. The van der Waals surface area contributed by atoms with E-state index >= 15 is 0 Å². The number of ether oxygens (including phenoxy) is 3. The lowest BCUT2D eigenvalue weighted by atomic mass is 9.89. The maximum Gasteiger partial charge on any atom is 0.142 e. The van der Waals surface area contributed by atoms with Crippen molar-refractivity contribution in [2.24, 2.45) is 0 Å². The number of aliphatic hydroxyl groups is 2. The van der Waals surface area contributed by atoms with Crippen LogP contribution in [0.25, 0.3) is 0 Å². The summed E-state index contributed by atoms with van der Waals surface area (Å²) < 4.78 is 17.3. The van der Waals surface area contributed by atoms with Gasteiger partial charge in [-0.1, -0.05) is 60.7 Å². The number of hydrogen-bond acceptors (Lipinski definition) is 5. The van der Waals surface area contributed by atoms with Gasteiger partial charge in [0.1, 0.15) is 25.7 Å². The van der Waals surface area contributed by atoms with Crippen molar-refractivity contribution in [3.05, 3.63) is 71.8 Å². The fourth-order valence-electron chi connectivity index (χ4n) is 3.11. The van der Waals surface area contributed by atoms with Gasteiger partial charge in [-0.05, 0) is 11.1 Å². The van der Waals surface area contributed by atoms with Gasteiger partial charge in [0.15, 0.2) is 0 Å². The van der Waals surface area contributed by atoms with Crippen molar-refractivity contribution in [3.8, 4) is 0 Å². The molecule has 3 rings (SSSR count). The summed E-state index contributed by atoms with van der Waals surface area (Å²) in [6.45, 7) is 0.330. The Morgan fingerprint density at radius 2 is 1.54 bits per heavy atom.